The highest BCUT2D eigenvalue weighted by Crippen LogP contribution is 2.10. The standard InChI is InChI=1S/C14H17ClN2O2/c15-13-5-3-12(4-6-13)10-19-11-14(18)9-16-17-7-1-2-8-17/h1-8,14,16,18H,9-11H2. The molecule has 1 unspecified atom stereocenters. The minimum absolute atomic E-state index is 0.289. The van der Waals surface area contributed by atoms with Crippen molar-refractivity contribution in [2.24, 2.45) is 0 Å². The number of aliphatic hydroxyl groups is 1. The Bertz CT molecular complexity index is 471. The van der Waals surface area contributed by atoms with Gasteiger partial charge >= 0.3 is 0 Å². The zero-order valence-electron chi connectivity index (χ0n) is 10.5. The molecule has 0 saturated heterocycles. The summed E-state index contributed by atoms with van der Waals surface area (Å²) in [5.74, 6) is 0. The Hall–Kier alpha value is -1.49. The van der Waals surface area contributed by atoms with E-state index in [1.54, 1.807) is 4.68 Å². The number of nitrogens with one attached hydrogen (secondary N) is 1. The summed E-state index contributed by atoms with van der Waals surface area (Å²) < 4.78 is 7.24. The summed E-state index contributed by atoms with van der Waals surface area (Å²) in [6.45, 7) is 1.20. The molecule has 2 N–H and O–H groups in total. The van der Waals surface area contributed by atoms with Gasteiger partial charge in [-0.3, -0.25) is 4.68 Å². The number of hydrogen-bond acceptors (Lipinski definition) is 3. The molecule has 2 aromatic rings. The van der Waals surface area contributed by atoms with Crippen LogP contribution in [0.5, 0.6) is 0 Å². The van der Waals surface area contributed by atoms with Gasteiger partial charge in [0.1, 0.15) is 0 Å². The lowest BCUT2D eigenvalue weighted by Gasteiger charge is -2.13. The molecule has 0 fully saturated rings. The molecule has 1 heterocycles. The molecule has 5 heteroatoms. The second-order valence-corrected chi connectivity index (χ2v) is 4.68. The molecule has 0 radical (unpaired) electrons. The van der Waals surface area contributed by atoms with Crippen molar-refractivity contribution in [1.29, 1.82) is 0 Å². The summed E-state index contributed by atoms with van der Waals surface area (Å²) in [6.07, 6.45) is 3.21. The van der Waals surface area contributed by atoms with Crippen LogP contribution in [0.4, 0.5) is 0 Å². The van der Waals surface area contributed by atoms with Crippen LogP contribution < -0.4 is 5.43 Å². The van der Waals surface area contributed by atoms with Gasteiger partial charge in [-0.2, -0.15) is 0 Å². The van der Waals surface area contributed by atoms with E-state index in [1.165, 1.54) is 0 Å². The number of ether oxygens (including phenoxy) is 1. The molecule has 1 atom stereocenters. The van der Waals surface area contributed by atoms with Crippen molar-refractivity contribution < 1.29 is 9.84 Å². The molecule has 1 aromatic heterocycles. The number of halogens is 1. The average Bonchev–Trinajstić information content (AvgIpc) is 2.92. The Morgan fingerprint density at radius 2 is 1.89 bits per heavy atom. The van der Waals surface area contributed by atoms with Crippen molar-refractivity contribution in [1.82, 2.24) is 4.68 Å². The lowest BCUT2D eigenvalue weighted by molar-refractivity contribution is 0.0337. The number of rotatable bonds is 7. The number of benzene rings is 1. The SMILES string of the molecule is OC(CNn1cccc1)COCc1ccc(Cl)cc1. The third kappa shape index (κ3) is 4.95. The molecule has 0 aliphatic rings. The van der Waals surface area contributed by atoms with E-state index in [4.69, 9.17) is 16.3 Å². The summed E-state index contributed by atoms with van der Waals surface area (Å²) >= 11 is 5.79. The Labute approximate surface area is 117 Å². The van der Waals surface area contributed by atoms with Gasteiger partial charge in [-0.1, -0.05) is 23.7 Å². The smallest absolute Gasteiger partial charge is 0.0961 e. The molecule has 0 aliphatic carbocycles. The molecule has 4 nitrogen and oxygen atoms in total. The monoisotopic (exact) mass is 280 g/mol. The van der Waals surface area contributed by atoms with E-state index in [0.717, 1.165) is 5.56 Å². The highest BCUT2D eigenvalue weighted by atomic mass is 35.5. The number of aromatic nitrogens is 1. The Morgan fingerprint density at radius 1 is 1.21 bits per heavy atom. The molecule has 1 aromatic carbocycles. The fourth-order valence-corrected chi connectivity index (χ4v) is 1.73. The molecule has 0 saturated carbocycles. The van der Waals surface area contributed by atoms with E-state index >= 15 is 0 Å². The van der Waals surface area contributed by atoms with Crippen LogP contribution in [-0.2, 0) is 11.3 Å². The fraction of sp³-hybridized carbons (Fsp3) is 0.286. The van der Waals surface area contributed by atoms with Gasteiger partial charge in [0.15, 0.2) is 0 Å². The summed E-state index contributed by atoms with van der Waals surface area (Å²) in [4.78, 5) is 0. The zero-order chi connectivity index (χ0) is 13.5. The van der Waals surface area contributed by atoms with Crippen LogP contribution in [0.3, 0.4) is 0 Å². The van der Waals surface area contributed by atoms with E-state index in [-0.39, 0.29) is 6.61 Å². The van der Waals surface area contributed by atoms with Gasteiger partial charge in [0.25, 0.3) is 0 Å². The van der Waals surface area contributed by atoms with Gasteiger partial charge in [0, 0.05) is 17.4 Å². The predicted octanol–water partition coefficient (Wildman–Crippen LogP) is 2.26. The number of aliphatic hydroxyl groups excluding tert-OH is 1. The second-order valence-electron chi connectivity index (χ2n) is 4.25. The van der Waals surface area contributed by atoms with Crippen molar-refractivity contribution in [2.45, 2.75) is 12.7 Å². The number of nitrogens with zero attached hydrogens (tertiary/aromatic N) is 1. The highest BCUT2D eigenvalue weighted by molar-refractivity contribution is 6.30. The molecule has 19 heavy (non-hydrogen) atoms. The maximum atomic E-state index is 9.75. The minimum Gasteiger partial charge on any atom is -0.389 e. The third-order valence-corrected chi connectivity index (χ3v) is 2.86. The van der Waals surface area contributed by atoms with Crippen LogP contribution in [0.2, 0.25) is 5.02 Å². The van der Waals surface area contributed by atoms with Gasteiger partial charge in [-0.25, -0.2) is 0 Å². The van der Waals surface area contributed by atoms with Crippen LogP contribution >= 0.6 is 11.6 Å². The summed E-state index contributed by atoms with van der Waals surface area (Å²) in [7, 11) is 0. The van der Waals surface area contributed by atoms with Crippen molar-refractivity contribution in [3.8, 4) is 0 Å². The van der Waals surface area contributed by atoms with Crippen LogP contribution in [0.15, 0.2) is 48.8 Å². The van der Waals surface area contributed by atoms with Crippen molar-refractivity contribution in [2.75, 3.05) is 18.6 Å². The van der Waals surface area contributed by atoms with E-state index in [0.29, 0.717) is 18.2 Å². The van der Waals surface area contributed by atoms with Gasteiger partial charge in [-0.05, 0) is 29.8 Å². The Balaban J connectivity index is 1.63. The second kappa shape index (κ2) is 7.19. The first kappa shape index (κ1) is 13.9. The topological polar surface area (TPSA) is 46.4 Å². The number of hydrogen-bond donors (Lipinski definition) is 2. The first-order valence-corrected chi connectivity index (χ1v) is 6.49. The van der Waals surface area contributed by atoms with Gasteiger partial charge < -0.3 is 15.3 Å². The van der Waals surface area contributed by atoms with Crippen LogP contribution in [0.1, 0.15) is 5.56 Å². The van der Waals surface area contributed by atoms with E-state index < -0.39 is 6.10 Å². The van der Waals surface area contributed by atoms with Gasteiger partial charge in [0.05, 0.1) is 25.9 Å². The van der Waals surface area contributed by atoms with Crippen LogP contribution in [0.25, 0.3) is 0 Å². The molecule has 0 bridgehead atoms. The highest BCUT2D eigenvalue weighted by Gasteiger charge is 2.04. The van der Waals surface area contributed by atoms with E-state index in [2.05, 4.69) is 5.43 Å². The quantitative estimate of drug-likeness (QED) is 0.818. The van der Waals surface area contributed by atoms with Gasteiger partial charge in [0.2, 0.25) is 0 Å². The van der Waals surface area contributed by atoms with Crippen LogP contribution in [-0.4, -0.2) is 29.0 Å². The maximum Gasteiger partial charge on any atom is 0.0961 e. The van der Waals surface area contributed by atoms with Crippen molar-refractivity contribution in [3.63, 3.8) is 0 Å². The average molecular weight is 281 g/mol. The predicted molar refractivity (Wildman–Crippen MR) is 75.8 cm³/mol. The normalized spacial score (nSPS) is 12.3. The lowest BCUT2D eigenvalue weighted by Crippen LogP contribution is -2.28. The van der Waals surface area contributed by atoms with Crippen molar-refractivity contribution >= 4 is 11.6 Å². The minimum atomic E-state index is -0.547. The summed E-state index contributed by atoms with van der Waals surface area (Å²) in [5, 5.41) is 10.5. The molecular formula is C14H17ClN2O2. The molecule has 0 aliphatic heterocycles. The van der Waals surface area contributed by atoms with Crippen molar-refractivity contribution in [3.05, 3.63) is 59.4 Å². The van der Waals surface area contributed by atoms with Crippen LogP contribution in [0, 0.1) is 0 Å². The molecule has 0 spiro atoms. The zero-order valence-corrected chi connectivity index (χ0v) is 11.3. The Morgan fingerprint density at radius 3 is 2.58 bits per heavy atom. The first-order valence-electron chi connectivity index (χ1n) is 6.11. The maximum absolute atomic E-state index is 9.75. The molecule has 0 amide bonds. The summed E-state index contributed by atoms with van der Waals surface area (Å²) in [5.41, 5.74) is 4.09. The van der Waals surface area contributed by atoms with E-state index in [9.17, 15) is 5.11 Å². The lowest BCUT2D eigenvalue weighted by atomic mass is 10.2. The van der Waals surface area contributed by atoms with Gasteiger partial charge in [-0.15, -0.1) is 0 Å². The molecule has 2 rings (SSSR count). The summed E-state index contributed by atoms with van der Waals surface area (Å²) in [6, 6.07) is 11.3. The fourth-order valence-electron chi connectivity index (χ4n) is 1.60. The Kier molecular flexibility index (Phi) is 5.27. The largest absolute Gasteiger partial charge is 0.389 e. The van der Waals surface area contributed by atoms with E-state index in [1.807, 2.05) is 48.8 Å². The molecular weight excluding hydrogens is 264 g/mol. The third-order valence-electron chi connectivity index (χ3n) is 2.61. The first-order chi connectivity index (χ1) is 9.24. The molecule has 102 valence electrons.